The number of methoxy groups -OCH3 is 1. The molecule has 3 rings (SSSR count). The number of aldehydes is 1. The zero-order valence-electron chi connectivity index (χ0n) is 18.3. The van der Waals surface area contributed by atoms with Gasteiger partial charge in [-0.05, 0) is 30.3 Å². The van der Waals surface area contributed by atoms with E-state index in [0.717, 1.165) is 36.8 Å². The predicted molar refractivity (Wildman–Crippen MR) is 118 cm³/mol. The molecule has 0 bridgehead atoms. The van der Waals surface area contributed by atoms with E-state index < -0.39 is 0 Å². The van der Waals surface area contributed by atoms with Crippen LogP contribution in [0.1, 0.15) is 27.2 Å². The highest BCUT2D eigenvalue weighted by atomic mass is 19.1. The maximum atomic E-state index is 12.3. The molecule has 1 heterocycles. The largest absolute Gasteiger partial charge is 0.488 e. The molecule has 3 aromatic rings. The van der Waals surface area contributed by atoms with Crippen LogP contribution in [0, 0.1) is 12.7 Å². The van der Waals surface area contributed by atoms with Gasteiger partial charge in [-0.1, -0.05) is 42.5 Å². The Kier molecular flexibility index (Phi) is 12.2. The van der Waals surface area contributed by atoms with Gasteiger partial charge in [0.1, 0.15) is 18.0 Å². The van der Waals surface area contributed by atoms with Crippen LogP contribution in [0.2, 0.25) is 0 Å². The fourth-order valence-corrected chi connectivity index (χ4v) is 2.64. The molecule has 0 aliphatic heterocycles. The first kappa shape index (κ1) is 25.7. The number of H-pyrrole nitrogens is 1. The molecule has 0 saturated heterocycles. The van der Waals surface area contributed by atoms with E-state index >= 15 is 0 Å². The van der Waals surface area contributed by atoms with E-state index in [0.29, 0.717) is 23.7 Å². The molecule has 7 heteroatoms. The van der Waals surface area contributed by atoms with Crippen LogP contribution in [0.4, 0.5) is 4.39 Å². The van der Waals surface area contributed by atoms with Gasteiger partial charge in [-0.2, -0.15) is 0 Å². The third kappa shape index (κ3) is 8.54. The van der Waals surface area contributed by atoms with Crippen molar-refractivity contribution in [3.63, 3.8) is 0 Å². The van der Waals surface area contributed by atoms with Crippen LogP contribution in [0.25, 0.3) is 0 Å². The highest BCUT2D eigenvalue weighted by Gasteiger charge is 2.18. The Morgan fingerprint density at radius 3 is 2.23 bits per heavy atom. The molecule has 0 amide bonds. The molecule has 0 fully saturated rings. The number of aromatic amines is 1. The number of aliphatic hydroxyl groups excluding tert-OH is 1. The molecule has 166 valence electrons. The van der Waals surface area contributed by atoms with Gasteiger partial charge in [-0.25, -0.2) is 9.37 Å². The van der Waals surface area contributed by atoms with Crippen LogP contribution in [-0.2, 0) is 13.2 Å². The number of pyridine rings is 1. The minimum atomic E-state index is -0.181. The molecule has 3 N–H and O–H groups in total. The first-order chi connectivity index (χ1) is 15.1. The molecule has 31 heavy (non-hydrogen) atoms. The smallest absolute Gasteiger partial charge is 0.229 e. The Bertz CT molecular complexity index is 903. The van der Waals surface area contributed by atoms with Crippen molar-refractivity contribution in [3.05, 3.63) is 89.0 Å². The Labute approximate surface area is 182 Å². The molecular weight excluding hydrogens is 399 g/mol. The standard InChI is InChI=1S/C15H15NO3.C8H10FN.CH4O/c1-11-14(18-2)15(13(9-17)8-16-11)19-10-12-6-4-3-5-7-12;1-10-6-7-2-4-8(9)5-3-7;1-2/h3-9H,10H2,1-2H3;2-5,10H,6H2,1H3;2H,1H3/p+1. The fourth-order valence-electron chi connectivity index (χ4n) is 2.64. The van der Waals surface area contributed by atoms with Crippen LogP contribution in [-0.4, -0.2) is 32.7 Å². The van der Waals surface area contributed by atoms with Crippen molar-refractivity contribution in [2.45, 2.75) is 20.1 Å². The summed E-state index contributed by atoms with van der Waals surface area (Å²) in [5.74, 6) is 0.845. The summed E-state index contributed by atoms with van der Waals surface area (Å²) in [7, 11) is 4.42. The molecule has 0 saturated carbocycles. The summed E-state index contributed by atoms with van der Waals surface area (Å²) in [6.45, 7) is 3.05. The molecule has 2 aromatic carbocycles. The van der Waals surface area contributed by atoms with E-state index in [1.807, 2.05) is 44.3 Å². The Balaban J connectivity index is 0.000000337. The number of carbonyl (C=O) groups excluding carboxylic acids is 1. The summed E-state index contributed by atoms with van der Waals surface area (Å²) in [5.41, 5.74) is 3.39. The van der Waals surface area contributed by atoms with E-state index in [9.17, 15) is 9.18 Å². The number of aryl methyl sites for hydroxylation is 1. The van der Waals surface area contributed by atoms with Gasteiger partial charge in [0.15, 0.2) is 18.2 Å². The van der Waals surface area contributed by atoms with Crippen molar-refractivity contribution in [1.82, 2.24) is 5.32 Å². The first-order valence-corrected chi connectivity index (χ1v) is 9.64. The van der Waals surface area contributed by atoms with Crippen LogP contribution in [0.5, 0.6) is 11.5 Å². The maximum Gasteiger partial charge on any atom is 0.229 e. The Hall–Kier alpha value is -3.29. The van der Waals surface area contributed by atoms with Crippen LogP contribution < -0.4 is 19.8 Å². The monoisotopic (exact) mass is 429 g/mol. The summed E-state index contributed by atoms with van der Waals surface area (Å²) in [4.78, 5) is 14.0. The fraction of sp³-hybridized carbons (Fsp3) is 0.250. The second-order valence-corrected chi connectivity index (χ2v) is 6.28. The zero-order valence-corrected chi connectivity index (χ0v) is 18.3. The third-order valence-corrected chi connectivity index (χ3v) is 4.10. The van der Waals surface area contributed by atoms with Crippen molar-refractivity contribution in [2.24, 2.45) is 0 Å². The summed E-state index contributed by atoms with van der Waals surface area (Å²) in [5, 5.41) is 9.98. The molecule has 0 unspecified atom stereocenters. The number of carbonyl (C=O) groups is 1. The number of benzene rings is 2. The minimum Gasteiger partial charge on any atom is -0.488 e. The topological polar surface area (TPSA) is 81.9 Å². The van der Waals surface area contributed by atoms with Crippen molar-refractivity contribution < 1.29 is 28.7 Å². The highest BCUT2D eigenvalue weighted by molar-refractivity contribution is 5.80. The lowest BCUT2D eigenvalue weighted by molar-refractivity contribution is -0.388. The van der Waals surface area contributed by atoms with Gasteiger partial charge in [-0.15, -0.1) is 0 Å². The molecule has 0 aliphatic rings. The summed E-state index contributed by atoms with van der Waals surface area (Å²) in [6.07, 6.45) is 2.37. The number of hydrogen-bond acceptors (Lipinski definition) is 5. The van der Waals surface area contributed by atoms with Crippen molar-refractivity contribution in [2.75, 3.05) is 21.3 Å². The van der Waals surface area contributed by atoms with Gasteiger partial charge in [0.25, 0.3) is 0 Å². The summed E-state index contributed by atoms with van der Waals surface area (Å²) < 4.78 is 23.3. The second kappa shape index (κ2) is 14.7. The lowest BCUT2D eigenvalue weighted by Gasteiger charge is -2.11. The van der Waals surface area contributed by atoms with Crippen molar-refractivity contribution in [1.29, 1.82) is 0 Å². The van der Waals surface area contributed by atoms with E-state index in [4.69, 9.17) is 14.6 Å². The van der Waals surface area contributed by atoms with Gasteiger partial charge >= 0.3 is 0 Å². The van der Waals surface area contributed by atoms with Gasteiger partial charge < -0.3 is 19.9 Å². The molecule has 6 nitrogen and oxygen atoms in total. The molecule has 0 radical (unpaired) electrons. The Morgan fingerprint density at radius 2 is 1.68 bits per heavy atom. The maximum absolute atomic E-state index is 12.3. The van der Waals surface area contributed by atoms with Crippen LogP contribution in [0.15, 0.2) is 60.8 Å². The van der Waals surface area contributed by atoms with E-state index in [2.05, 4.69) is 10.3 Å². The molecule has 0 aliphatic carbocycles. The number of halogens is 1. The molecule has 0 atom stereocenters. The van der Waals surface area contributed by atoms with Gasteiger partial charge in [0.05, 0.1) is 7.11 Å². The van der Waals surface area contributed by atoms with E-state index in [-0.39, 0.29) is 5.82 Å². The SMILES string of the molecule is CNCc1ccc(F)cc1.CO.COc1c(C)[nH+]cc(C=O)c1OCc1ccccc1. The Morgan fingerprint density at radius 1 is 1.03 bits per heavy atom. The summed E-state index contributed by atoms with van der Waals surface area (Å²) >= 11 is 0. The minimum absolute atomic E-state index is 0.181. The van der Waals surface area contributed by atoms with Gasteiger partial charge in [-0.3, -0.25) is 4.79 Å². The number of rotatable bonds is 7. The second-order valence-electron chi connectivity index (χ2n) is 6.28. The number of aliphatic hydroxyl groups is 1. The van der Waals surface area contributed by atoms with Crippen molar-refractivity contribution in [3.8, 4) is 11.5 Å². The average Bonchev–Trinajstić information content (AvgIpc) is 2.82. The average molecular weight is 430 g/mol. The predicted octanol–water partition coefficient (Wildman–Crippen LogP) is 3.36. The number of aromatic nitrogens is 1. The quantitative estimate of drug-likeness (QED) is 0.563. The number of nitrogens with one attached hydrogen (secondary N) is 2. The van der Waals surface area contributed by atoms with Crippen LogP contribution in [0.3, 0.4) is 0 Å². The van der Waals surface area contributed by atoms with E-state index in [1.165, 1.54) is 12.1 Å². The number of hydrogen-bond donors (Lipinski definition) is 2. The van der Waals surface area contributed by atoms with Crippen LogP contribution >= 0.6 is 0 Å². The molecular formula is C24H30FN2O4+. The van der Waals surface area contributed by atoms with Gasteiger partial charge in [0.2, 0.25) is 11.4 Å². The lowest BCUT2D eigenvalue weighted by Crippen LogP contribution is -2.13. The lowest BCUT2D eigenvalue weighted by atomic mass is 10.2. The first-order valence-electron chi connectivity index (χ1n) is 9.64. The highest BCUT2D eigenvalue weighted by Crippen LogP contribution is 2.31. The molecule has 0 spiro atoms. The van der Waals surface area contributed by atoms with E-state index in [1.54, 1.807) is 25.4 Å². The van der Waals surface area contributed by atoms with Gasteiger partial charge in [0, 0.05) is 20.6 Å². The summed E-state index contributed by atoms with van der Waals surface area (Å²) in [6, 6.07) is 16.2. The van der Waals surface area contributed by atoms with Crippen molar-refractivity contribution >= 4 is 6.29 Å². The number of ether oxygens (including phenoxy) is 2. The normalized spacial score (nSPS) is 9.48. The third-order valence-electron chi connectivity index (χ3n) is 4.10. The molecule has 1 aromatic heterocycles. The zero-order chi connectivity index (χ0) is 23.1.